The minimum Gasteiger partial charge on any atom is -0.478 e. The van der Waals surface area contributed by atoms with E-state index in [1.807, 2.05) is 0 Å². The highest BCUT2D eigenvalue weighted by Crippen LogP contribution is 2.21. The Labute approximate surface area is 89.6 Å². The van der Waals surface area contributed by atoms with Gasteiger partial charge in [-0.3, -0.25) is 0 Å². The van der Waals surface area contributed by atoms with E-state index in [2.05, 4.69) is 9.97 Å². The first-order valence-electron chi connectivity index (χ1n) is 4.47. The van der Waals surface area contributed by atoms with Crippen LogP contribution in [0, 0.1) is 6.92 Å². The molecule has 0 aromatic carbocycles. The molecule has 0 amide bonds. The van der Waals surface area contributed by atoms with Crippen molar-refractivity contribution in [1.29, 1.82) is 0 Å². The van der Waals surface area contributed by atoms with Gasteiger partial charge in [-0.2, -0.15) is 0 Å². The van der Waals surface area contributed by atoms with E-state index in [1.54, 1.807) is 19.1 Å². The molecule has 0 fully saturated rings. The Morgan fingerprint density at radius 1 is 1.50 bits per heavy atom. The molecule has 16 heavy (non-hydrogen) atoms. The molecule has 2 rings (SSSR count). The van der Waals surface area contributed by atoms with Crippen molar-refractivity contribution in [3.8, 4) is 11.5 Å². The number of hydrogen-bond donors (Lipinski definition) is 2. The van der Waals surface area contributed by atoms with Gasteiger partial charge < -0.3 is 14.5 Å². The van der Waals surface area contributed by atoms with E-state index < -0.39 is 11.7 Å². The summed E-state index contributed by atoms with van der Waals surface area (Å²) in [5.41, 5.74) is -0.594. The van der Waals surface area contributed by atoms with Gasteiger partial charge in [0.05, 0.1) is 0 Å². The second-order valence-corrected chi connectivity index (χ2v) is 3.19. The third kappa shape index (κ3) is 1.72. The number of carbonyl (C=O) groups is 1. The second-order valence-electron chi connectivity index (χ2n) is 3.19. The largest absolute Gasteiger partial charge is 0.478 e. The number of hydrogen-bond acceptors (Lipinski definition) is 4. The summed E-state index contributed by atoms with van der Waals surface area (Å²) in [6, 6.07) is 3.27. The van der Waals surface area contributed by atoms with Crippen LogP contribution in [0.4, 0.5) is 0 Å². The molecule has 2 aromatic heterocycles. The lowest BCUT2D eigenvalue weighted by Gasteiger charge is -2.00. The van der Waals surface area contributed by atoms with Crippen LogP contribution in [-0.2, 0) is 0 Å². The first kappa shape index (κ1) is 10.2. The van der Waals surface area contributed by atoms with Gasteiger partial charge in [-0.1, -0.05) is 0 Å². The number of rotatable bonds is 2. The lowest BCUT2D eigenvalue weighted by molar-refractivity contribution is 0.0696. The fourth-order valence-electron chi connectivity index (χ4n) is 1.32. The number of nitrogens with zero attached hydrogens (tertiary/aromatic N) is 1. The predicted octanol–water partition coefficient (Wildman–Crippen LogP) is 1.04. The van der Waals surface area contributed by atoms with Gasteiger partial charge in [-0.25, -0.2) is 14.6 Å². The Morgan fingerprint density at radius 3 is 2.81 bits per heavy atom. The van der Waals surface area contributed by atoms with E-state index in [-0.39, 0.29) is 11.3 Å². The fourth-order valence-corrected chi connectivity index (χ4v) is 1.32. The number of carboxylic acid groups (broad SMARTS) is 1. The number of aromatic nitrogens is 2. The van der Waals surface area contributed by atoms with Crippen molar-refractivity contribution in [2.24, 2.45) is 0 Å². The Hall–Kier alpha value is -2.37. The van der Waals surface area contributed by atoms with Crippen LogP contribution in [0.15, 0.2) is 27.5 Å². The Bertz CT molecular complexity index is 597. The maximum Gasteiger partial charge on any atom is 0.345 e. The zero-order valence-corrected chi connectivity index (χ0v) is 8.35. The number of aromatic amines is 1. The van der Waals surface area contributed by atoms with E-state index in [0.717, 1.165) is 6.20 Å². The van der Waals surface area contributed by atoms with E-state index in [4.69, 9.17) is 9.52 Å². The molecule has 0 bridgehead atoms. The number of aromatic carboxylic acids is 1. The smallest absolute Gasteiger partial charge is 0.345 e. The Morgan fingerprint density at radius 2 is 2.25 bits per heavy atom. The molecular formula is C10H8N2O4. The average molecular weight is 220 g/mol. The molecule has 0 unspecified atom stereocenters. The van der Waals surface area contributed by atoms with Crippen molar-refractivity contribution in [3.63, 3.8) is 0 Å². The van der Waals surface area contributed by atoms with Crippen LogP contribution in [0.25, 0.3) is 11.5 Å². The topological polar surface area (TPSA) is 96.2 Å². The normalized spacial score (nSPS) is 10.3. The average Bonchev–Trinajstić information content (AvgIpc) is 2.64. The standard InChI is InChI=1S/C10H8N2O4/c1-5-2-3-7(16-5)8-6(9(13)14)4-11-10(15)12-8/h2-4H,1H3,(H,13,14)(H,11,12,15). The molecule has 0 aliphatic carbocycles. The summed E-state index contributed by atoms with van der Waals surface area (Å²) in [6.07, 6.45) is 1.01. The highest BCUT2D eigenvalue weighted by Gasteiger charge is 2.15. The molecular weight excluding hydrogens is 212 g/mol. The third-order valence-corrected chi connectivity index (χ3v) is 2.03. The number of H-pyrrole nitrogens is 1. The third-order valence-electron chi connectivity index (χ3n) is 2.03. The first-order chi connectivity index (χ1) is 7.58. The second kappa shape index (κ2) is 3.65. The summed E-state index contributed by atoms with van der Waals surface area (Å²) >= 11 is 0. The van der Waals surface area contributed by atoms with Gasteiger partial charge in [0.2, 0.25) is 0 Å². The summed E-state index contributed by atoms with van der Waals surface area (Å²) in [4.78, 5) is 27.7. The van der Waals surface area contributed by atoms with E-state index in [9.17, 15) is 9.59 Å². The minimum atomic E-state index is -1.17. The number of aryl methyl sites for hydroxylation is 1. The van der Waals surface area contributed by atoms with Crippen LogP contribution in [0.2, 0.25) is 0 Å². The summed E-state index contributed by atoms with van der Waals surface area (Å²) in [7, 11) is 0. The highest BCUT2D eigenvalue weighted by molar-refractivity contribution is 5.93. The van der Waals surface area contributed by atoms with Crippen LogP contribution >= 0.6 is 0 Å². The molecule has 2 aromatic rings. The van der Waals surface area contributed by atoms with Crippen molar-refractivity contribution >= 4 is 5.97 Å². The van der Waals surface area contributed by atoms with E-state index in [1.165, 1.54) is 0 Å². The van der Waals surface area contributed by atoms with E-state index >= 15 is 0 Å². The van der Waals surface area contributed by atoms with Gasteiger partial charge in [-0.05, 0) is 19.1 Å². The molecule has 0 aliphatic rings. The van der Waals surface area contributed by atoms with Gasteiger partial charge >= 0.3 is 11.7 Å². The van der Waals surface area contributed by atoms with Gasteiger partial charge in [0, 0.05) is 6.20 Å². The number of carboxylic acids is 1. The molecule has 6 heteroatoms. The maximum absolute atomic E-state index is 11.0. The van der Waals surface area contributed by atoms with Crippen LogP contribution in [0.1, 0.15) is 16.1 Å². The molecule has 82 valence electrons. The molecule has 0 spiro atoms. The van der Waals surface area contributed by atoms with Gasteiger partial charge in [0.25, 0.3) is 0 Å². The first-order valence-corrected chi connectivity index (χ1v) is 4.47. The van der Waals surface area contributed by atoms with Crippen molar-refractivity contribution in [3.05, 3.63) is 40.1 Å². The molecule has 2 N–H and O–H groups in total. The summed E-state index contributed by atoms with van der Waals surface area (Å²) in [5, 5.41) is 8.92. The van der Waals surface area contributed by atoms with Gasteiger partial charge in [0.1, 0.15) is 17.0 Å². The van der Waals surface area contributed by atoms with Crippen LogP contribution < -0.4 is 5.69 Å². The zero-order valence-electron chi connectivity index (χ0n) is 8.35. The van der Waals surface area contributed by atoms with Gasteiger partial charge in [0.15, 0.2) is 5.76 Å². The lowest BCUT2D eigenvalue weighted by atomic mass is 10.2. The molecule has 0 saturated heterocycles. The Balaban J connectivity index is 2.67. The predicted molar refractivity (Wildman–Crippen MR) is 54.3 cm³/mol. The quantitative estimate of drug-likeness (QED) is 0.788. The number of nitrogens with one attached hydrogen (secondary N) is 1. The SMILES string of the molecule is Cc1ccc(-c2[nH]c(=O)ncc2C(=O)O)o1. The van der Waals surface area contributed by atoms with Gasteiger partial charge in [-0.15, -0.1) is 0 Å². The monoisotopic (exact) mass is 220 g/mol. The number of furan rings is 1. The van der Waals surface area contributed by atoms with E-state index in [0.29, 0.717) is 11.5 Å². The van der Waals surface area contributed by atoms with Crippen molar-refractivity contribution < 1.29 is 14.3 Å². The van der Waals surface area contributed by atoms with Crippen LogP contribution in [0.5, 0.6) is 0 Å². The van der Waals surface area contributed by atoms with Crippen molar-refractivity contribution in [2.45, 2.75) is 6.92 Å². The fraction of sp³-hybridized carbons (Fsp3) is 0.100. The highest BCUT2D eigenvalue weighted by atomic mass is 16.4. The molecule has 0 saturated carbocycles. The Kier molecular flexibility index (Phi) is 2.32. The maximum atomic E-state index is 11.0. The zero-order chi connectivity index (χ0) is 11.7. The molecule has 0 aliphatic heterocycles. The van der Waals surface area contributed by atoms with Crippen LogP contribution in [-0.4, -0.2) is 21.0 Å². The molecule has 0 atom stereocenters. The molecule has 6 nitrogen and oxygen atoms in total. The van der Waals surface area contributed by atoms with Crippen molar-refractivity contribution in [2.75, 3.05) is 0 Å². The molecule has 0 radical (unpaired) electrons. The van der Waals surface area contributed by atoms with Crippen molar-refractivity contribution in [1.82, 2.24) is 9.97 Å². The molecule has 2 heterocycles. The summed E-state index contributed by atoms with van der Waals surface area (Å²) in [5.74, 6) is -0.244. The summed E-state index contributed by atoms with van der Waals surface area (Å²) < 4.78 is 5.25. The summed E-state index contributed by atoms with van der Waals surface area (Å²) in [6.45, 7) is 1.73. The van der Waals surface area contributed by atoms with Crippen LogP contribution in [0.3, 0.4) is 0 Å². The lowest BCUT2D eigenvalue weighted by Crippen LogP contribution is -2.14. The minimum absolute atomic E-state index is 0.103.